The summed E-state index contributed by atoms with van der Waals surface area (Å²) in [6.45, 7) is 11.5. The van der Waals surface area contributed by atoms with E-state index in [0.717, 1.165) is 18.4 Å². The van der Waals surface area contributed by atoms with Gasteiger partial charge in [-0.2, -0.15) is 0 Å². The molecule has 0 amide bonds. The Morgan fingerprint density at radius 1 is 1.35 bits per heavy atom. The van der Waals surface area contributed by atoms with E-state index in [1.165, 1.54) is 38.4 Å². The van der Waals surface area contributed by atoms with Gasteiger partial charge in [-0.1, -0.05) is 32.9 Å². The summed E-state index contributed by atoms with van der Waals surface area (Å²) >= 11 is 0. The van der Waals surface area contributed by atoms with Crippen LogP contribution in [0.1, 0.15) is 68.8 Å². The van der Waals surface area contributed by atoms with Gasteiger partial charge in [-0.05, 0) is 85.0 Å². The van der Waals surface area contributed by atoms with E-state index in [2.05, 4.69) is 27.4 Å². The van der Waals surface area contributed by atoms with E-state index in [4.69, 9.17) is 4.74 Å². The Morgan fingerprint density at radius 2 is 2.08 bits per heavy atom. The Morgan fingerprint density at radius 3 is 2.77 bits per heavy atom. The fourth-order valence-corrected chi connectivity index (χ4v) is 5.65. The Bertz CT molecular complexity index is 722. The molecular weight excluding hydrogens is 324 g/mol. The predicted octanol–water partition coefficient (Wildman–Crippen LogP) is 5.52. The van der Waals surface area contributed by atoms with Crippen LogP contribution in [0.3, 0.4) is 0 Å². The highest BCUT2D eigenvalue weighted by atomic mass is 16.5. The first-order valence-electron chi connectivity index (χ1n) is 9.81. The van der Waals surface area contributed by atoms with Gasteiger partial charge in [-0.15, -0.1) is 0 Å². The molecule has 0 spiro atoms. The van der Waals surface area contributed by atoms with E-state index in [9.17, 15) is 9.90 Å². The average molecular weight is 357 g/mol. The lowest BCUT2D eigenvalue weighted by molar-refractivity contribution is -0.0491. The van der Waals surface area contributed by atoms with Crippen LogP contribution in [0.2, 0.25) is 0 Å². The van der Waals surface area contributed by atoms with Gasteiger partial charge in [0.05, 0.1) is 12.7 Å². The van der Waals surface area contributed by atoms with Crippen LogP contribution in [0.15, 0.2) is 30.4 Å². The molecule has 0 aliphatic heterocycles. The van der Waals surface area contributed by atoms with Crippen LogP contribution in [0.4, 0.5) is 0 Å². The molecule has 1 N–H and O–H groups in total. The first-order chi connectivity index (χ1) is 12.2. The van der Waals surface area contributed by atoms with Crippen molar-refractivity contribution in [1.29, 1.82) is 0 Å². The third-order valence-electron chi connectivity index (χ3n) is 7.64. The largest absolute Gasteiger partial charge is 0.508 e. The van der Waals surface area contributed by atoms with Crippen LogP contribution < -0.4 is 0 Å². The third-order valence-corrected chi connectivity index (χ3v) is 7.64. The highest BCUT2D eigenvalue weighted by Gasteiger charge is 2.53. The molecule has 0 bridgehead atoms. The molecule has 3 rings (SSSR count). The van der Waals surface area contributed by atoms with Gasteiger partial charge in [0.1, 0.15) is 5.75 Å². The second-order valence-electron chi connectivity index (χ2n) is 8.92. The summed E-state index contributed by atoms with van der Waals surface area (Å²) in [7, 11) is 1.39. The number of aromatic hydroxyl groups is 1. The van der Waals surface area contributed by atoms with E-state index >= 15 is 0 Å². The molecule has 2 aliphatic carbocycles. The van der Waals surface area contributed by atoms with E-state index in [-0.39, 0.29) is 22.5 Å². The number of phenols is 1. The fraction of sp³-hybridized carbons (Fsp3) is 0.609. The topological polar surface area (TPSA) is 46.5 Å². The number of carbonyl (C=O) groups is 1. The first kappa shape index (κ1) is 19.0. The number of fused-ring (bicyclic) bond motifs is 1. The van der Waals surface area contributed by atoms with Crippen LogP contribution in [-0.2, 0) is 11.2 Å². The molecule has 4 atom stereocenters. The first-order valence-corrected chi connectivity index (χ1v) is 9.81. The van der Waals surface area contributed by atoms with Crippen LogP contribution in [0.25, 0.3) is 0 Å². The molecule has 3 nitrogen and oxygen atoms in total. The van der Waals surface area contributed by atoms with Crippen LogP contribution in [0.5, 0.6) is 5.75 Å². The minimum absolute atomic E-state index is 0.0720. The Balaban J connectivity index is 1.99. The van der Waals surface area contributed by atoms with Gasteiger partial charge in [-0.25, -0.2) is 4.79 Å². The van der Waals surface area contributed by atoms with E-state index in [0.29, 0.717) is 17.4 Å². The zero-order chi connectivity index (χ0) is 19.1. The zero-order valence-electron chi connectivity index (χ0n) is 16.6. The molecule has 0 unspecified atom stereocenters. The lowest BCUT2D eigenvalue weighted by Gasteiger charge is -2.59. The molecule has 0 saturated heterocycles. The van der Waals surface area contributed by atoms with Gasteiger partial charge in [-0.3, -0.25) is 0 Å². The summed E-state index contributed by atoms with van der Waals surface area (Å²) in [5.41, 5.74) is 3.02. The van der Waals surface area contributed by atoms with Gasteiger partial charge in [0.25, 0.3) is 0 Å². The molecule has 2 saturated carbocycles. The maximum atomic E-state index is 11.9. The summed E-state index contributed by atoms with van der Waals surface area (Å²) in [4.78, 5) is 11.9. The van der Waals surface area contributed by atoms with Gasteiger partial charge < -0.3 is 9.84 Å². The van der Waals surface area contributed by atoms with Crippen molar-refractivity contribution < 1.29 is 14.6 Å². The number of phenolic OH excluding ortho intramolecular Hbond substituents is 1. The number of rotatable bonds is 3. The minimum atomic E-state index is -0.357. The average Bonchev–Trinajstić information content (AvgIpc) is 2.62. The number of ether oxygens (including phenoxy) is 1. The Kier molecular flexibility index (Phi) is 4.94. The molecule has 0 aromatic heterocycles. The molecule has 142 valence electrons. The van der Waals surface area contributed by atoms with E-state index < -0.39 is 0 Å². The van der Waals surface area contributed by atoms with Crippen molar-refractivity contribution in [2.45, 2.75) is 59.3 Å². The van der Waals surface area contributed by atoms with Gasteiger partial charge in [0.2, 0.25) is 0 Å². The van der Waals surface area contributed by atoms with Crippen LogP contribution in [-0.4, -0.2) is 18.2 Å². The smallest absolute Gasteiger partial charge is 0.337 e. The van der Waals surface area contributed by atoms with Crippen molar-refractivity contribution in [2.24, 2.45) is 22.7 Å². The normalized spacial score (nSPS) is 34.2. The maximum absolute atomic E-state index is 11.9. The van der Waals surface area contributed by atoms with Gasteiger partial charge in [0.15, 0.2) is 0 Å². The maximum Gasteiger partial charge on any atom is 0.337 e. The van der Waals surface area contributed by atoms with E-state index in [1.807, 2.05) is 6.07 Å². The van der Waals surface area contributed by atoms with Gasteiger partial charge in [0, 0.05) is 0 Å². The lowest BCUT2D eigenvalue weighted by atomic mass is 9.46. The molecular formula is C23H32O3. The highest BCUT2D eigenvalue weighted by Crippen LogP contribution is 2.62. The highest BCUT2D eigenvalue weighted by molar-refractivity contribution is 5.89. The minimum Gasteiger partial charge on any atom is -0.508 e. The Hall–Kier alpha value is -1.77. The summed E-state index contributed by atoms with van der Waals surface area (Å²) in [5, 5.41) is 10.5. The Labute approximate surface area is 157 Å². The molecule has 1 aromatic rings. The SMILES string of the molecule is C=C1CCC[C@@H]2[C@@](C)(Cc3cc(C(=O)OC)ccc3O)[C@H](C)CC[C@@]12C. The number of benzene rings is 1. The number of esters is 1. The third kappa shape index (κ3) is 2.95. The van der Waals surface area contributed by atoms with Crippen molar-refractivity contribution in [3.63, 3.8) is 0 Å². The van der Waals surface area contributed by atoms with Crippen molar-refractivity contribution >= 4 is 5.97 Å². The second-order valence-corrected chi connectivity index (χ2v) is 8.92. The van der Waals surface area contributed by atoms with Crippen molar-refractivity contribution in [1.82, 2.24) is 0 Å². The monoisotopic (exact) mass is 356 g/mol. The molecule has 0 radical (unpaired) electrons. The quantitative estimate of drug-likeness (QED) is 0.573. The molecule has 3 heteroatoms. The molecule has 2 aliphatic rings. The number of hydrogen-bond acceptors (Lipinski definition) is 3. The predicted molar refractivity (Wildman–Crippen MR) is 104 cm³/mol. The molecule has 1 aromatic carbocycles. The summed E-state index contributed by atoms with van der Waals surface area (Å²) in [6, 6.07) is 5.06. The standard InChI is InChI=1S/C23H32O3/c1-15-7-6-8-20-22(15,3)12-11-16(2)23(20,4)14-18-13-17(21(25)26-5)9-10-19(18)24/h9-10,13,16,20,24H,1,6-8,11-12,14H2,2-5H3/t16-,20+,22+,23+/m1/s1. The van der Waals surface area contributed by atoms with Crippen LogP contribution >= 0.6 is 0 Å². The van der Waals surface area contributed by atoms with Crippen molar-refractivity contribution in [3.8, 4) is 5.75 Å². The number of methoxy groups -OCH3 is 1. The number of allylic oxidation sites excluding steroid dienone is 1. The molecule has 26 heavy (non-hydrogen) atoms. The van der Waals surface area contributed by atoms with Crippen molar-refractivity contribution in [2.75, 3.05) is 7.11 Å². The molecule has 2 fully saturated rings. The second kappa shape index (κ2) is 6.75. The van der Waals surface area contributed by atoms with Crippen LogP contribution in [0, 0.1) is 22.7 Å². The lowest BCUT2D eigenvalue weighted by Crippen LogP contribution is -2.51. The number of carbonyl (C=O) groups excluding carboxylic acids is 1. The van der Waals surface area contributed by atoms with E-state index in [1.54, 1.807) is 12.1 Å². The molecule has 0 heterocycles. The number of hydrogen-bond donors (Lipinski definition) is 1. The summed E-state index contributed by atoms with van der Waals surface area (Å²) in [6.07, 6.45) is 6.73. The zero-order valence-corrected chi connectivity index (χ0v) is 16.6. The summed E-state index contributed by atoms with van der Waals surface area (Å²) < 4.78 is 4.85. The fourth-order valence-electron chi connectivity index (χ4n) is 5.65. The van der Waals surface area contributed by atoms with Gasteiger partial charge >= 0.3 is 5.97 Å². The summed E-state index contributed by atoms with van der Waals surface area (Å²) in [5.74, 6) is 1.03. The van der Waals surface area contributed by atoms with Crippen molar-refractivity contribution in [3.05, 3.63) is 41.5 Å².